The van der Waals surface area contributed by atoms with E-state index in [1.165, 1.54) is 18.4 Å². The number of nitrogens with one attached hydrogen (secondary N) is 1. The van der Waals surface area contributed by atoms with E-state index in [1.54, 1.807) is 0 Å². The molecule has 1 nitrogen and oxygen atoms in total. The molecule has 13 heavy (non-hydrogen) atoms. The summed E-state index contributed by atoms with van der Waals surface area (Å²) >= 11 is 1.87. The highest BCUT2D eigenvalue weighted by molar-refractivity contribution is 7.97. The van der Waals surface area contributed by atoms with Gasteiger partial charge in [0, 0.05) is 11.3 Å². The van der Waals surface area contributed by atoms with Crippen molar-refractivity contribution in [1.29, 1.82) is 0 Å². The first-order chi connectivity index (χ1) is 6.36. The van der Waals surface area contributed by atoms with Gasteiger partial charge in [0.05, 0.1) is 0 Å². The highest BCUT2D eigenvalue weighted by Crippen LogP contribution is 2.35. The molecule has 2 unspecified atom stereocenters. The topological polar surface area (TPSA) is 12.0 Å². The third kappa shape index (κ3) is 2.26. The van der Waals surface area contributed by atoms with Gasteiger partial charge < -0.3 is 0 Å². The number of hydrogen-bond donors (Lipinski definition) is 1. The maximum atomic E-state index is 3.45. The fourth-order valence-electron chi connectivity index (χ4n) is 1.62. The van der Waals surface area contributed by atoms with E-state index in [1.807, 2.05) is 11.9 Å². The van der Waals surface area contributed by atoms with E-state index in [4.69, 9.17) is 0 Å². The first-order valence-electron chi connectivity index (χ1n) is 4.82. The highest BCUT2D eigenvalue weighted by atomic mass is 32.2. The lowest BCUT2D eigenvalue weighted by Gasteiger charge is -2.26. The highest BCUT2D eigenvalue weighted by Gasteiger charge is 2.19. The molecule has 1 N–H and O–H groups in total. The lowest BCUT2D eigenvalue weighted by molar-refractivity contribution is 0.561. The third-order valence-electron chi connectivity index (χ3n) is 2.44. The monoisotopic (exact) mass is 193 g/mol. The predicted octanol–water partition coefficient (Wildman–Crippen LogP) is 3.15. The zero-order chi connectivity index (χ0) is 9.10. The van der Waals surface area contributed by atoms with Crippen LogP contribution in [0.4, 0.5) is 0 Å². The van der Waals surface area contributed by atoms with Crippen molar-refractivity contribution >= 4 is 11.9 Å². The van der Waals surface area contributed by atoms with Crippen LogP contribution in [-0.4, -0.2) is 6.04 Å². The van der Waals surface area contributed by atoms with Crippen molar-refractivity contribution in [3.05, 3.63) is 35.9 Å². The van der Waals surface area contributed by atoms with Crippen LogP contribution in [0.25, 0.3) is 0 Å². The maximum Gasteiger partial charge on any atom is 0.0443 e. The SMILES string of the molecule is CC1CCC(c2ccccc2)SN1. The van der Waals surface area contributed by atoms with Crippen molar-refractivity contribution in [2.24, 2.45) is 0 Å². The summed E-state index contributed by atoms with van der Waals surface area (Å²) in [5.74, 6) is 0. The van der Waals surface area contributed by atoms with Gasteiger partial charge in [-0.15, -0.1) is 0 Å². The average Bonchev–Trinajstić information content (AvgIpc) is 2.20. The second-order valence-corrected chi connectivity index (χ2v) is 4.65. The van der Waals surface area contributed by atoms with Crippen molar-refractivity contribution in [1.82, 2.24) is 4.72 Å². The molecule has 1 aliphatic heterocycles. The van der Waals surface area contributed by atoms with Gasteiger partial charge >= 0.3 is 0 Å². The summed E-state index contributed by atoms with van der Waals surface area (Å²) in [6.45, 7) is 2.24. The lowest BCUT2D eigenvalue weighted by atomic mass is 10.1. The Morgan fingerprint density at radius 3 is 2.62 bits per heavy atom. The summed E-state index contributed by atoms with van der Waals surface area (Å²) in [5.41, 5.74) is 1.45. The van der Waals surface area contributed by atoms with Gasteiger partial charge in [0.15, 0.2) is 0 Å². The summed E-state index contributed by atoms with van der Waals surface area (Å²) in [6.07, 6.45) is 2.58. The normalized spacial score (nSPS) is 28.7. The van der Waals surface area contributed by atoms with Gasteiger partial charge in [-0.3, -0.25) is 4.72 Å². The van der Waals surface area contributed by atoms with E-state index in [9.17, 15) is 0 Å². The Labute approximate surface area is 84.1 Å². The summed E-state index contributed by atoms with van der Waals surface area (Å²) in [5, 5.41) is 0.650. The second kappa shape index (κ2) is 4.16. The Hall–Kier alpha value is -0.470. The Morgan fingerprint density at radius 2 is 2.00 bits per heavy atom. The zero-order valence-electron chi connectivity index (χ0n) is 7.86. The average molecular weight is 193 g/mol. The molecule has 1 saturated heterocycles. The van der Waals surface area contributed by atoms with Crippen LogP contribution >= 0.6 is 11.9 Å². The number of rotatable bonds is 1. The Morgan fingerprint density at radius 1 is 1.23 bits per heavy atom. The molecule has 0 saturated carbocycles. The quantitative estimate of drug-likeness (QED) is 0.688. The molecule has 1 aromatic carbocycles. The molecule has 0 amide bonds. The summed E-state index contributed by atoms with van der Waals surface area (Å²) < 4.78 is 3.45. The number of benzene rings is 1. The molecule has 0 aromatic heterocycles. The van der Waals surface area contributed by atoms with E-state index in [0.29, 0.717) is 11.3 Å². The van der Waals surface area contributed by atoms with Crippen LogP contribution in [-0.2, 0) is 0 Å². The Bertz CT molecular complexity index is 252. The molecule has 2 rings (SSSR count). The van der Waals surface area contributed by atoms with Gasteiger partial charge in [-0.25, -0.2) is 0 Å². The fraction of sp³-hybridized carbons (Fsp3) is 0.455. The summed E-state index contributed by atoms with van der Waals surface area (Å²) in [6, 6.07) is 11.4. The smallest absolute Gasteiger partial charge is 0.0443 e. The summed E-state index contributed by atoms with van der Waals surface area (Å²) in [7, 11) is 0. The lowest BCUT2D eigenvalue weighted by Crippen LogP contribution is -2.25. The largest absolute Gasteiger partial charge is 0.261 e. The van der Waals surface area contributed by atoms with Crippen LogP contribution in [0.3, 0.4) is 0 Å². The molecule has 2 heteroatoms. The first-order valence-corrected chi connectivity index (χ1v) is 5.70. The molecular formula is C11H15NS. The molecule has 1 aromatic rings. The van der Waals surface area contributed by atoms with Crippen LogP contribution in [0.1, 0.15) is 30.6 Å². The summed E-state index contributed by atoms with van der Waals surface area (Å²) in [4.78, 5) is 0. The van der Waals surface area contributed by atoms with Crippen LogP contribution in [0.2, 0.25) is 0 Å². The van der Waals surface area contributed by atoms with Gasteiger partial charge in [0.25, 0.3) is 0 Å². The van der Waals surface area contributed by atoms with E-state index in [2.05, 4.69) is 42.0 Å². The van der Waals surface area contributed by atoms with Crippen molar-refractivity contribution < 1.29 is 0 Å². The maximum absolute atomic E-state index is 3.45. The zero-order valence-corrected chi connectivity index (χ0v) is 8.68. The van der Waals surface area contributed by atoms with Crippen molar-refractivity contribution in [3.63, 3.8) is 0 Å². The predicted molar refractivity (Wildman–Crippen MR) is 58.6 cm³/mol. The van der Waals surface area contributed by atoms with Gasteiger partial charge in [0.2, 0.25) is 0 Å². The van der Waals surface area contributed by atoms with Gasteiger partial charge in [-0.2, -0.15) is 0 Å². The minimum absolute atomic E-state index is 0.650. The molecule has 0 spiro atoms. The molecule has 2 atom stereocenters. The molecule has 0 radical (unpaired) electrons. The van der Waals surface area contributed by atoms with Crippen LogP contribution in [0.5, 0.6) is 0 Å². The van der Waals surface area contributed by atoms with E-state index >= 15 is 0 Å². The van der Waals surface area contributed by atoms with Crippen LogP contribution < -0.4 is 4.72 Å². The fourth-order valence-corrected chi connectivity index (χ4v) is 2.68. The molecule has 70 valence electrons. The molecule has 0 bridgehead atoms. The molecule has 0 aliphatic carbocycles. The van der Waals surface area contributed by atoms with Gasteiger partial charge in [-0.1, -0.05) is 42.3 Å². The van der Waals surface area contributed by atoms with Crippen LogP contribution in [0, 0.1) is 0 Å². The molecular weight excluding hydrogens is 178 g/mol. The van der Waals surface area contributed by atoms with Crippen molar-refractivity contribution in [2.45, 2.75) is 31.1 Å². The minimum atomic E-state index is 0.650. The molecule has 1 aliphatic rings. The first kappa shape index (κ1) is 9.10. The van der Waals surface area contributed by atoms with E-state index < -0.39 is 0 Å². The number of hydrogen-bond acceptors (Lipinski definition) is 2. The van der Waals surface area contributed by atoms with Crippen molar-refractivity contribution in [2.75, 3.05) is 0 Å². The Kier molecular flexibility index (Phi) is 2.91. The van der Waals surface area contributed by atoms with Crippen molar-refractivity contribution in [3.8, 4) is 0 Å². The minimum Gasteiger partial charge on any atom is -0.261 e. The molecule has 1 fully saturated rings. The third-order valence-corrected chi connectivity index (χ3v) is 3.78. The second-order valence-electron chi connectivity index (χ2n) is 3.61. The van der Waals surface area contributed by atoms with Gasteiger partial charge in [0.1, 0.15) is 0 Å². The van der Waals surface area contributed by atoms with Gasteiger partial charge in [-0.05, 0) is 25.3 Å². The van der Waals surface area contributed by atoms with E-state index in [-0.39, 0.29) is 0 Å². The Balaban J connectivity index is 2.03. The standard InChI is InChI=1S/C11H15NS/c1-9-7-8-11(13-12-9)10-5-3-2-4-6-10/h2-6,9,11-12H,7-8H2,1H3. The van der Waals surface area contributed by atoms with E-state index in [0.717, 1.165) is 0 Å². The molecule has 1 heterocycles. The van der Waals surface area contributed by atoms with Crippen LogP contribution in [0.15, 0.2) is 30.3 Å².